The van der Waals surface area contributed by atoms with Crippen molar-refractivity contribution in [2.75, 3.05) is 0 Å². The van der Waals surface area contributed by atoms with Crippen LogP contribution in [0, 0.1) is 0 Å². The maximum atomic E-state index is 10.5. The number of hydrogen-bond donors (Lipinski definition) is 2. The molecule has 0 fully saturated rings. The van der Waals surface area contributed by atoms with Crippen LogP contribution in [0.1, 0.15) is 0 Å². The zero-order valence-corrected chi connectivity index (χ0v) is 8.29. The van der Waals surface area contributed by atoms with E-state index in [9.17, 15) is 16.8 Å². The Morgan fingerprint density at radius 2 is 0.933 bits per heavy atom. The van der Waals surface area contributed by atoms with Gasteiger partial charge in [-0.1, -0.05) is 0 Å². The number of hydrogen-bond acceptors (Lipinski definition) is 4. The maximum absolute atomic E-state index is 10.5. The number of rotatable bonds is 2. The van der Waals surface area contributed by atoms with Crippen LogP contribution < -0.4 is 0 Å². The van der Waals surface area contributed by atoms with Gasteiger partial charge in [0.05, 0.1) is 9.79 Å². The van der Waals surface area contributed by atoms with Crippen molar-refractivity contribution in [1.29, 1.82) is 0 Å². The van der Waals surface area contributed by atoms with E-state index in [2.05, 4.69) is 0 Å². The van der Waals surface area contributed by atoms with E-state index in [-0.39, 0.29) is 29.6 Å². The Morgan fingerprint density at radius 3 is 1.07 bits per heavy atom. The molecule has 1 aromatic rings. The molecule has 0 spiro atoms. The van der Waals surface area contributed by atoms with Crippen molar-refractivity contribution in [3.05, 3.63) is 24.3 Å². The molecule has 9 heteroatoms. The van der Waals surface area contributed by atoms with Gasteiger partial charge in [-0.25, -0.2) is 0 Å². The van der Waals surface area contributed by atoms with Crippen LogP contribution >= 0.6 is 0 Å². The molecule has 80 valence electrons. The quantitative estimate of drug-likeness (QED) is 0.551. The van der Waals surface area contributed by atoms with Crippen LogP contribution in [0.15, 0.2) is 34.1 Å². The Labute approximate surface area is 109 Å². The first kappa shape index (κ1) is 15.0. The zero-order chi connectivity index (χ0) is 11.0. The molecule has 0 aliphatic carbocycles. The zero-order valence-electron chi connectivity index (χ0n) is 6.65. The van der Waals surface area contributed by atoms with Gasteiger partial charge >= 0.3 is 29.6 Å². The van der Waals surface area contributed by atoms with Gasteiger partial charge in [0.1, 0.15) is 0 Å². The number of benzene rings is 1. The van der Waals surface area contributed by atoms with Gasteiger partial charge in [-0.15, -0.1) is 0 Å². The van der Waals surface area contributed by atoms with Gasteiger partial charge < -0.3 is 0 Å². The molecule has 0 aliphatic heterocycles. The Kier molecular flexibility index (Phi) is 4.93. The van der Waals surface area contributed by atoms with E-state index in [1.807, 2.05) is 0 Å². The molecule has 0 unspecified atom stereocenters. The van der Waals surface area contributed by atoms with Gasteiger partial charge in [0.25, 0.3) is 20.2 Å². The Balaban J connectivity index is 0.00000196. The third-order valence-electron chi connectivity index (χ3n) is 1.42. The van der Waals surface area contributed by atoms with E-state index in [0.717, 1.165) is 24.3 Å². The molecule has 0 aliphatic rings. The fourth-order valence-corrected chi connectivity index (χ4v) is 1.74. The van der Waals surface area contributed by atoms with Crippen molar-refractivity contribution in [2.24, 2.45) is 0 Å². The van der Waals surface area contributed by atoms with Crippen LogP contribution in [-0.2, 0) is 20.2 Å². The summed E-state index contributed by atoms with van der Waals surface area (Å²) in [5.41, 5.74) is 0. The summed E-state index contributed by atoms with van der Waals surface area (Å²) in [6, 6.07) is 3.49. The summed E-state index contributed by atoms with van der Waals surface area (Å²) < 4.78 is 59.2. The molecule has 1 rings (SSSR count). The minimum atomic E-state index is -4.34. The van der Waals surface area contributed by atoms with E-state index in [1.165, 1.54) is 0 Å². The molecule has 0 bridgehead atoms. The molecule has 6 nitrogen and oxygen atoms in total. The van der Waals surface area contributed by atoms with Crippen LogP contribution in [0.25, 0.3) is 0 Å². The summed E-state index contributed by atoms with van der Waals surface area (Å²) in [6.07, 6.45) is 0. The molecule has 0 aromatic heterocycles. The van der Waals surface area contributed by atoms with Crippen LogP contribution in [0.4, 0.5) is 0 Å². The fourth-order valence-electron chi connectivity index (χ4n) is 0.784. The Bertz CT molecular complexity index is 478. The summed E-state index contributed by atoms with van der Waals surface area (Å²) in [7, 11) is -8.68. The summed E-state index contributed by atoms with van der Waals surface area (Å²) >= 11 is 0. The van der Waals surface area contributed by atoms with E-state index in [0.29, 0.717) is 0 Å². The predicted molar refractivity (Wildman–Crippen MR) is 53.2 cm³/mol. The summed E-state index contributed by atoms with van der Waals surface area (Å²) in [5, 5.41) is 0. The average Bonchev–Trinajstić information content (AvgIpc) is 2.01. The molecule has 0 saturated carbocycles. The van der Waals surface area contributed by atoms with Gasteiger partial charge in [-0.05, 0) is 24.3 Å². The second kappa shape index (κ2) is 4.91. The SMILES string of the molecule is O=S(=O)(O)c1ccc(S(=O)(=O)O)cc1.[NaH]. The van der Waals surface area contributed by atoms with Crippen LogP contribution in [-0.4, -0.2) is 55.5 Å². The Morgan fingerprint density at radius 1 is 0.733 bits per heavy atom. The molecule has 1 aromatic carbocycles. The fraction of sp³-hybridized carbons (Fsp3) is 0. The average molecular weight is 262 g/mol. The topological polar surface area (TPSA) is 109 Å². The third-order valence-corrected chi connectivity index (χ3v) is 3.16. The predicted octanol–water partition coefficient (Wildman–Crippen LogP) is -0.468. The first-order valence-corrected chi connectivity index (χ1v) is 6.14. The van der Waals surface area contributed by atoms with Gasteiger partial charge in [0, 0.05) is 0 Å². The first-order chi connectivity index (χ1) is 6.21. The summed E-state index contributed by atoms with van der Waals surface area (Å²) in [5.74, 6) is 0. The van der Waals surface area contributed by atoms with E-state index in [4.69, 9.17) is 9.11 Å². The standard InChI is InChI=1S/C6H6O6S2.Na.H/c7-13(8,9)5-1-2-6(4-3-5)14(10,11)12;;/h1-4H,(H,7,8,9)(H,10,11,12);;. The van der Waals surface area contributed by atoms with Crippen molar-refractivity contribution >= 4 is 49.8 Å². The van der Waals surface area contributed by atoms with Crippen molar-refractivity contribution in [3.63, 3.8) is 0 Å². The second-order valence-corrected chi connectivity index (χ2v) is 5.26. The molecule has 0 radical (unpaired) electrons. The monoisotopic (exact) mass is 262 g/mol. The Hall–Kier alpha value is 0.0400. The van der Waals surface area contributed by atoms with Crippen molar-refractivity contribution in [3.8, 4) is 0 Å². The molecular formula is C6H7NaO6S2. The molecule has 0 amide bonds. The van der Waals surface area contributed by atoms with Crippen LogP contribution in [0.2, 0.25) is 0 Å². The van der Waals surface area contributed by atoms with Crippen molar-refractivity contribution in [2.45, 2.75) is 9.79 Å². The third kappa shape index (κ3) is 4.19. The van der Waals surface area contributed by atoms with Crippen LogP contribution in [0.5, 0.6) is 0 Å². The van der Waals surface area contributed by atoms with Gasteiger partial charge in [-0.2, -0.15) is 16.8 Å². The summed E-state index contributed by atoms with van der Waals surface area (Å²) in [4.78, 5) is -0.880. The van der Waals surface area contributed by atoms with Gasteiger partial charge in [-0.3, -0.25) is 9.11 Å². The van der Waals surface area contributed by atoms with Crippen molar-refractivity contribution < 1.29 is 25.9 Å². The molecule has 0 atom stereocenters. The molecule has 0 saturated heterocycles. The second-order valence-electron chi connectivity index (χ2n) is 2.42. The van der Waals surface area contributed by atoms with E-state index < -0.39 is 30.0 Å². The van der Waals surface area contributed by atoms with E-state index >= 15 is 0 Å². The summed E-state index contributed by atoms with van der Waals surface area (Å²) in [6.45, 7) is 0. The minimum absolute atomic E-state index is 0. The van der Waals surface area contributed by atoms with Gasteiger partial charge in [0.15, 0.2) is 0 Å². The molecule has 0 heterocycles. The first-order valence-electron chi connectivity index (χ1n) is 3.26. The normalized spacial score (nSPS) is 11.9. The van der Waals surface area contributed by atoms with Gasteiger partial charge in [0.2, 0.25) is 0 Å². The van der Waals surface area contributed by atoms with E-state index in [1.54, 1.807) is 0 Å². The molecule has 15 heavy (non-hydrogen) atoms. The van der Waals surface area contributed by atoms with Crippen LogP contribution in [0.3, 0.4) is 0 Å². The van der Waals surface area contributed by atoms with Crippen molar-refractivity contribution in [1.82, 2.24) is 0 Å². The molecule has 2 N–H and O–H groups in total. The molecular weight excluding hydrogens is 255 g/mol.